The van der Waals surface area contributed by atoms with Crippen LogP contribution in [0.25, 0.3) is 0 Å². The Bertz CT molecular complexity index is 869. The molecule has 0 unspecified atom stereocenters. The molecular formula is C17H18ClN3O2S. The van der Waals surface area contributed by atoms with Crippen LogP contribution in [0.15, 0.2) is 29.4 Å². The number of carbonyl (C=O) groups excluding carboxylic acids is 1. The van der Waals surface area contributed by atoms with Crippen molar-refractivity contribution < 1.29 is 9.53 Å². The normalized spacial score (nSPS) is 12.1. The average molecular weight is 364 g/mol. The number of aromatic nitrogens is 1. The van der Waals surface area contributed by atoms with E-state index in [0.717, 1.165) is 5.56 Å². The number of methoxy groups -OCH3 is 1. The van der Waals surface area contributed by atoms with Crippen molar-refractivity contribution in [1.29, 1.82) is 5.26 Å². The highest BCUT2D eigenvalue weighted by Crippen LogP contribution is 2.23. The van der Waals surface area contributed by atoms with Gasteiger partial charge in [0.2, 0.25) is 0 Å². The zero-order valence-electron chi connectivity index (χ0n) is 14.0. The number of benzene rings is 1. The van der Waals surface area contributed by atoms with Gasteiger partial charge in [0.1, 0.15) is 10.4 Å². The Labute approximate surface area is 149 Å². The number of hydrogen-bond donors (Lipinski definition) is 0. The fourth-order valence-electron chi connectivity index (χ4n) is 2.00. The van der Waals surface area contributed by atoms with E-state index >= 15 is 0 Å². The Morgan fingerprint density at radius 3 is 2.75 bits per heavy atom. The molecular weight excluding hydrogens is 346 g/mol. The maximum absolute atomic E-state index is 12.6. The molecule has 2 aromatic rings. The lowest BCUT2D eigenvalue weighted by Gasteiger charge is -2.19. The molecule has 0 bridgehead atoms. The Morgan fingerprint density at radius 1 is 1.46 bits per heavy atom. The molecule has 2 rings (SSSR count). The van der Waals surface area contributed by atoms with Crippen LogP contribution >= 0.6 is 23.1 Å². The van der Waals surface area contributed by atoms with Crippen molar-refractivity contribution in [3.8, 4) is 11.8 Å². The Balaban J connectivity index is 2.55. The van der Waals surface area contributed by atoms with Crippen molar-refractivity contribution in [1.82, 2.24) is 3.96 Å². The van der Waals surface area contributed by atoms with Gasteiger partial charge in [-0.2, -0.15) is 10.3 Å². The van der Waals surface area contributed by atoms with E-state index < -0.39 is 5.91 Å². The fourth-order valence-corrected chi connectivity index (χ4v) is 3.18. The lowest BCUT2D eigenvalue weighted by Crippen LogP contribution is -2.18. The van der Waals surface area contributed by atoms with E-state index in [1.807, 2.05) is 30.9 Å². The van der Waals surface area contributed by atoms with Gasteiger partial charge in [-0.25, -0.2) is 0 Å². The number of ether oxygens (including phenoxy) is 1. The topological polar surface area (TPSA) is 67.4 Å². The van der Waals surface area contributed by atoms with Gasteiger partial charge in [0.25, 0.3) is 5.91 Å². The van der Waals surface area contributed by atoms with Gasteiger partial charge in [-0.05, 0) is 50.5 Å². The molecule has 0 fully saturated rings. The van der Waals surface area contributed by atoms with E-state index in [1.54, 1.807) is 12.1 Å². The van der Waals surface area contributed by atoms with E-state index in [-0.39, 0.29) is 12.0 Å². The molecule has 1 aromatic heterocycles. The standard InChI is InChI=1S/C17H18ClN3O2S/c1-17(2,3)21-10-11(7-8-19)16(24-21)20-15(22)13-9-12(18)5-6-14(13)23-4/h5-6,9-10H,7H2,1-4H3. The summed E-state index contributed by atoms with van der Waals surface area (Å²) in [7, 11) is 1.49. The second-order valence-corrected chi connectivity index (χ2v) is 7.54. The van der Waals surface area contributed by atoms with Crippen LogP contribution in [0.3, 0.4) is 0 Å². The van der Waals surface area contributed by atoms with Crippen molar-refractivity contribution >= 4 is 29.0 Å². The highest BCUT2D eigenvalue weighted by molar-refractivity contribution is 7.04. The third-order valence-electron chi connectivity index (χ3n) is 3.26. The van der Waals surface area contributed by atoms with E-state index in [1.165, 1.54) is 24.7 Å². The minimum Gasteiger partial charge on any atom is -0.496 e. The molecule has 1 heterocycles. The molecule has 0 atom stereocenters. The van der Waals surface area contributed by atoms with Gasteiger partial charge in [-0.15, -0.1) is 0 Å². The molecule has 5 nitrogen and oxygen atoms in total. The number of nitriles is 1. The molecule has 7 heteroatoms. The minimum absolute atomic E-state index is 0.153. The Kier molecular flexibility index (Phi) is 5.47. The Hall–Kier alpha value is -2.10. The van der Waals surface area contributed by atoms with Crippen LogP contribution in [0.5, 0.6) is 5.75 Å². The first kappa shape index (κ1) is 18.2. The molecule has 0 aliphatic heterocycles. The van der Waals surface area contributed by atoms with Crippen LogP contribution in [0, 0.1) is 11.3 Å². The zero-order chi connectivity index (χ0) is 17.9. The van der Waals surface area contributed by atoms with Gasteiger partial charge in [0.15, 0.2) is 0 Å². The summed E-state index contributed by atoms with van der Waals surface area (Å²) in [4.78, 5) is 16.8. The van der Waals surface area contributed by atoms with Crippen LogP contribution in [0.4, 0.5) is 0 Å². The number of carbonyl (C=O) groups is 1. The van der Waals surface area contributed by atoms with Crippen LogP contribution in [0.1, 0.15) is 36.7 Å². The second-order valence-electron chi connectivity index (χ2n) is 6.14. The number of nitrogens with zero attached hydrogens (tertiary/aromatic N) is 3. The highest BCUT2D eigenvalue weighted by Gasteiger charge is 2.17. The number of hydrogen-bond acceptors (Lipinski definition) is 4. The number of amides is 1. The molecule has 0 aliphatic carbocycles. The van der Waals surface area contributed by atoms with Gasteiger partial charge in [-0.1, -0.05) is 11.6 Å². The smallest absolute Gasteiger partial charge is 0.282 e. The third kappa shape index (κ3) is 4.05. The Morgan fingerprint density at radius 2 is 2.17 bits per heavy atom. The molecule has 0 N–H and O–H groups in total. The van der Waals surface area contributed by atoms with Crippen molar-refractivity contribution in [2.75, 3.05) is 7.11 Å². The van der Waals surface area contributed by atoms with Gasteiger partial charge < -0.3 is 4.74 Å². The summed E-state index contributed by atoms with van der Waals surface area (Å²) in [6, 6.07) is 6.92. The quantitative estimate of drug-likeness (QED) is 0.833. The molecule has 0 radical (unpaired) electrons. The van der Waals surface area contributed by atoms with E-state index in [4.69, 9.17) is 21.6 Å². The predicted octanol–water partition coefficient (Wildman–Crippen LogP) is 3.77. The first-order valence-electron chi connectivity index (χ1n) is 7.28. The van der Waals surface area contributed by atoms with Crippen molar-refractivity contribution in [3.05, 3.63) is 45.2 Å². The summed E-state index contributed by atoms with van der Waals surface area (Å²) in [6.07, 6.45) is 2.06. The maximum Gasteiger partial charge on any atom is 0.282 e. The summed E-state index contributed by atoms with van der Waals surface area (Å²) in [5, 5.41) is 9.44. The SMILES string of the molecule is COc1ccc(Cl)cc1C(=O)N=c1sn(C(C)(C)C)cc1CC#N. The first-order chi connectivity index (χ1) is 11.3. The molecule has 1 amide bonds. The lowest BCUT2D eigenvalue weighted by atomic mass is 10.1. The largest absolute Gasteiger partial charge is 0.496 e. The third-order valence-corrected chi connectivity index (χ3v) is 4.87. The highest BCUT2D eigenvalue weighted by atomic mass is 35.5. The summed E-state index contributed by atoms with van der Waals surface area (Å²) < 4.78 is 7.72. The molecule has 1 aromatic carbocycles. The van der Waals surface area contributed by atoms with E-state index in [2.05, 4.69) is 11.1 Å². The van der Waals surface area contributed by atoms with Crippen molar-refractivity contribution in [2.45, 2.75) is 32.7 Å². The molecule has 126 valence electrons. The number of rotatable bonds is 3. The summed E-state index contributed by atoms with van der Waals surface area (Å²) >= 11 is 7.32. The molecule has 0 spiro atoms. The minimum atomic E-state index is -0.448. The fraction of sp³-hybridized carbons (Fsp3) is 0.353. The molecule has 0 saturated heterocycles. The lowest BCUT2D eigenvalue weighted by molar-refractivity contribution is 0.0996. The van der Waals surface area contributed by atoms with Crippen molar-refractivity contribution in [2.24, 2.45) is 4.99 Å². The van der Waals surface area contributed by atoms with Gasteiger partial charge in [-0.3, -0.25) is 8.75 Å². The summed E-state index contributed by atoms with van der Waals surface area (Å²) in [5.41, 5.74) is 0.870. The van der Waals surface area contributed by atoms with Gasteiger partial charge in [0.05, 0.1) is 25.2 Å². The monoisotopic (exact) mass is 363 g/mol. The average Bonchev–Trinajstić information content (AvgIpc) is 2.90. The van der Waals surface area contributed by atoms with E-state index in [0.29, 0.717) is 21.0 Å². The van der Waals surface area contributed by atoms with Crippen molar-refractivity contribution in [3.63, 3.8) is 0 Å². The van der Waals surface area contributed by atoms with Gasteiger partial charge >= 0.3 is 0 Å². The summed E-state index contributed by atoms with van der Waals surface area (Å²) in [6.45, 7) is 6.14. The summed E-state index contributed by atoms with van der Waals surface area (Å²) in [5.74, 6) is -0.0355. The molecule has 0 saturated carbocycles. The maximum atomic E-state index is 12.6. The van der Waals surface area contributed by atoms with Crippen LogP contribution in [-0.4, -0.2) is 17.0 Å². The molecule has 24 heavy (non-hydrogen) atoms. The molecule has 0 aliphatic rings. The van der Waals surface area contributed by atoms with E-state index in [9.17, 15) is 4.79 Å². The van der Waals surface area contributed by atoms with Crippen LogP contribution < -0.4 is 9.41 Å². The van der Waals surface area contributed by atoms with Crippen LogP contribution in [-0.2, 0) is 12.0 Å². The number of halogens is 1. The van der Waals surface area contributed by atoms with Crippen LogP contribution in [0.2, 0.25) is 5.02 Å². The first-order valence-corrected chi connectivity index (χ1v) is 8.43. The zero-order valence-corrected chi connectivity index (χ0v) is 15.5. The predicted molar refractivity (Wildman–Crippen MR) is 94.5 cm³/mol. The second kappa shape index (κ2) is 7.20. The van der Waals surface area contributed by atoms with Gasteiger partial charge in [0, 0.05) is 22.3 Å².